The fourth-order valence-electron chi connectivity index (χ4n) is 1.83. The van der Waals surface area contributed by atoms with Crippen molar-refractivity contribution in [2.24, 2.45) is 0 Å². The van der Waals surface area contributed by atoms with Gasteiger partial charge in [0.25, 0.3) is 0 Å². The molecule has 2 N–H and O–H groups in total. The Labute approximate surface area is 108 Å². The van der Waals surface area contributed by atoms with Crippen LogP contribution in [0.2, 0.25) is 0 Å². The third-order valence-corrected chi connectivity index (χ3v) is 2.75. The van der Waals surface area contributed by atoms with Gasteiger partial charge >= 0.3 is 0 Å². The number of ether oxygens (including phenoxy) is 1. The molecule has 2 aromatic rings. The standard InChI is InChI=1S/C14H9O5/c1-7-2-3-8(18-7)6-11-12(16)9-4-5-10(15)13(17)14(9)19-11/h2-6,15,17H,1H2. The molecule has 0 saturated carbocycles. The first-order chi connectivity index (χ1) is 9.06. The number of rotatable bonds is 1. The highest BCUT2D eigenvalue weighted by Crippen LogP contribution is 2.44. The van der Waals surface area contributed by atoms with Gasteiger partial charge in [0.1, 0.15) is 11.5 Å². The third-order valence-electron chi connectivity index (χ3n) is 2.75. The number of furan rings is 1. The van der Waals surface area contributed by atoms with Gasteiger partial charge in [-0.2, -0.15) is 0 Å². The topological polar surface area (TPSA) is 79.9 Å². The minimum Gasteiger partial charge on any atom is -0.504 e. The van der Waals surface area contributed by atoms with E-state index in [-0.39, 0.29) is 28.6 Å². The number of phenols is 2. The van der Waals surface area contributed by atoms with Crippen LogP contribution in [0.25, 0.3) is 6.08 Å². The van der Waals surface area contributed by atoms with Crippen molar-refractivity contribution < 1.29 is 24.2 Å². The summed E-state index contributed by atoms with van der Waals surface area (Å²) >= 11 is 0. The molecule has 0 atom stereocenters. The third kappa shape index (κ3) is 1.76. The highest BCUT2D eigenvalue weighted by atomic mass is 16.5. The van der Waals surface area contributed by atoms with E-state index in [1.165, 1.54) is 18.2 Å². The maximum atomic E-state index is 12.0. The zero-order chi connectivity index (χ0) is 13.6. The quantitative estimate of drug-likeness (QED) is 0.606. The van der Waals surface area contributed by atoms with Crippen LogP contribution >= 0.6 is 0 Å². The van der Waals surface area contributed by atoms with Gasteiger partial charge in [-0.05, 0) is 24.3 Å². The minimum absolute atomic E-state index is 0.0188. The van der Waals surface area contributed by atoms with E-state index in [2.05, 4.69) is 6.92 Å². The van der Waals surface area contributed by atoms with Gasteiger partial charge in [-0.15, -0.1) is 0 Å². The number of phenolic OH excluding ortho intramolecular Hbond substituents is 2. The Morgan fingerprint density at radius 3 is 2.63 bits per heavy atom. The van der Waals surface area contributed by atoms with Crippen molar-refractivity contribution >= 4 is 11.9 Å². The van der Waals surface area contributed by atoms with E-state index < -0.39 is 5.75 Å². The molecule has 95 valence electrons. The molecule has 2 heterocycles. The Balaban J connectivity index is 2.04. The van der Waals surface area contributed by atoms with Gasteiger partial charge in [0, 0.05) is 13.0 Å². The molecule has 3 rings (SSSR count). The zero-order valence-corrected chi connectivity index (χ0v) is 9.71. The van der Waals surface area contributed by atoms with Gasteiger partial charge in [-0.3, -0.25) is 4.79 Å². The average Bonchev–Trinajstić information content (AvgIpc) is 2.91. The van der Waals surface area contributed by atoms with E-state index in [0.717, 1.165) is 0 Å². The van der Waals surface area contributed by atoms with Crippen molar-refractivity contribution in [1.29, 1.82) is 0 Å². The van der Waals surface area contributed by atoms with Crippen molar-refractivity contribution in [3.63, 3.8) is 0 Å². The molecule has 0 bridgehead atoms. The number of fused-ring (bicyclic) bond motifs is 1. The van der Waals surface area contributed by atoms with E-state index in [9.17, 15) is 15.0 Å². The summed E-state index contributed by atoms with van der Waals surface area (Å²) in [6.45, 7) is 3.61. The molecule has 1 aromatic carbocycles. The molecular weight excluding hydrogens is 248 g/mol. The molecule has 19 heavy (non-hydrogen) atoms. The van der Waals surface area contributed by atoms with Crippen molar-refractivity contribution in [2.75, 3.05) is 0 Å². The molecule has 0 spiro atoms. The summed E-state index contributed by atoms with van der Waals surface area (Å²) in [5.74, 6) is -0.312. The van der Waals surface area contributed by atoms with Crippen LogP contribution < -0.4 is 4.74 Å². The molecule has 1 radical (unpaired) electrons. The van der Waals surface area contributed by atoms with E-state index in [1.807, 2.05) is 0 Å². The molecule has 0 saturated heterocycles. The lowest BCUT2D eigenvalue weighted by atomic mass is 10.1. The average molecular weight is 257 g/mol. The van der Waals surface area contributed by atoms with Crippen LogP contribution in [-0.2, 0) is 0 Å². The fraction of sp³-hybridized carbons (Fsp3) is 0. The fourth-order valence-corrected chi connectivity index (χ4v) is 1.83. The van der Waals surface area contributed by atoms with Crippen LogP contribution in [-0.4, -0.2) is 16.0 Å². The Morgan fingerprint density at radius 1 is 1.16 bits per heavy atom. The molecule has 0 amide bonds. The molecule has 1 aliphatic heterocycles. The lowest BCUT2D eigenvalue weighted by Gasteiger charge is -2.02. The number of carbonyl (C=O) groups excluding carboxylic acids is 1. The number of allylic oxidation sites excluding steroid dienone is 1. The first-order valence-electron chi connectivity index (χ1n) is 5.47. The van der Waals surface area contributed by atoms with Crippen LogP contribution in [0.3, 0.4) is 0 Å². The number of Topliss-reactive ketones (excluding diaryl/α,β-unsaturated/α-hetero) is 1. The minimum atomic E-state index is -0.452. The van der Waals surface area contributed by atoms with E-state index in [1.54, 1.807) is 12.1 Å². The van der Waals surface area contributed by atoms with Crippen molar-refractivity contribution in [3.05, 3.63) is 54.0 Å². The Morgan fingerprint density at radius 2 is 1.95 bits per heavy atom. The van der Waals surface area contributed by atoms with Crippen LogP contribution in [0.1, 0.15) is 21.9 Å². The Hall–Kier alpha value is -2.69. The monoisotopic (exact) mass is 257 g/mol. The zero-order valence-electron chi connectivity index (χ0n) is 9.71. The van der Waals surface area contributed by atoms with Crippen LogP contribution in [0.15, 0.2) is 34.4 Å². The van der Waals surface area contributed by atoms with Crippen molar-refractivity contribution in [2.45, 2.75) is 0 Å². The molecule has 5 nitrogen and oxygen atoms in total. The summed E-state index contributed by atoms with van der Waals surface area (Å²) in [6, 6.07) is 5.93. The first-order valence-corrected chi connectivity index (χ1v) is 5.47. The van der Waals surface area contributed by atoms with Crippen LogP contribution in [0.4, 0.5) is 0 Å². The van der Waals surface area contributed by atoms with Gasteiger partial charge in [0.2, 0.25) is 11.5 Å². The lowest BCUT2D eigenvalue weighted by Crippen LogP contribution is -1.97. The molecule has 0 aliphatic carbocycles. The first kappa shape index (κ1) is 11.4. The van der Waals surface area contributed by atoms with Gasteiger partial charge < -0.3 is 19.4 Å². The maximum Gasteiger partial charge on any atom is 0.232 e. The predicted octanol–water partition coefficient (Wildman–Crippen LogP) is 2.49. The van der Waals surface area contributed by atoms with Crippen LogP contribution in [0.5, 0.6) is 17.2 Å². The second kappa shape index (κ2) is 3.91. The second-order valence-electron chi connectivity index (χ2n) is 4.05. The maximum absolute atomic E-state index is 12.0. The molecule has 0 unspecified atom stereocenters. The molecule has 1 aromatic heterocycles. The highest BCUT2D eigenvalue weighted by Gasteiger charge is 2.31. The number of benzene rings is 1. The Kier molecular flexibility index (Phi) is 2.35. The summed E-state index contributed by atoms with van der Waals surface area (Å²) < 4.78 is 10.5. The summed E-state index contributed by atoms with van der Waals surface area (Å²) in [6.07, 6.45) is 1.41. The normalized spacial score (nSPS) is 15.6. The number of hydrogen-bond acceptors (Lipinski definition) is 5. The molecule has 5 heteroatoms. The van der Waals surface area contributed by atoms with Crippen molar-refractivity contribution in [1.82, 2.24) is 0 Å². The number of ketones is 1. The van der Waals surface area contributed by atoms with E-state index in [4.69, 9.17) is 9.15 Å². The molecular formula is C14H9O5. The number of hydrogen-bond donors (Lipinski definition) is 2. The summed E-state index contributed by atoms with van der Waals surface area (Å²) in [5.41, 5.74) is 0.197. The Bertz CT molecular complexity index is 709. The summed E-state index contributed by atoms with van der Waals surface area (Å²) in [4.78, 5) is 12.0. The highest BCUT2D eigenvalue weighted by molar-refractivity contribution is 6.15. The SMILES string of the molecule is [CH2]c1ccc(C=C2Oc3c(ccc(O)c3O)C2=O)o1. The largest absolute Gasteiger partial charge is 0.504 e. The predicted molar refractivity (Wildman–Crippen MR) is 65.9 cm³/mol. The van der Waals surface area contributed by atoms with Crippen LogP contribution in [0, 0.1) is 6.92 Å². The van der Waals surface area contributed by atoms with Crippen molar-refractivity contribution in [3.8, 4) is 17.2 Å². The number of aromatic hydroxyl groups is 2. The summed E-state index contributed by atoms with van der Waals surface area (Å²) in [7, 11) is 0. The number of carbonyl (C=O) groups is 1. The van der Waals surface area contributed by atoms with E-state index in [0.29, 0.717) is 11.5 Å². The molecule has 0 fully saturated rings. The van der Waals surface area contributed by atoms with Gasteiger partial charge in [0.15, 0.2) is 17.3 Å². The smallest absolute Gasteiger partial charge is 0.232 e. The van der Waals surface area contributed by atoms with Gasteiger partial charge in [0.05, 0.1) is 5.56 Å². The van der Waals surface area contributed by atoms with E-state index >= 15 is 0 Å². The second-order valence-corrected chi connectivity index (χ2v) is 4.05. The molecule has 1 aliphatic rings. The summed E-state index contributed by atoms with van der Waals surface area (Å²) in [5, 5.41) is 19.0. The lowest BCUT2D eigenvalue weighted by molar-refractivity contribution is 0.101. The van der Waals surface area contributed by atoms with Gasteiger partial charge in [-0.25, -0.2) is 0 Å². The van der Waals surface area contributed by atoms with Gasteiger partial charge in [-0.1, -0.05) is 0 Å².